The number of benzene rings is 2. The quantitative estimate of drug-likeness (QED) is 0.541. The zero-order valence-electron chi connectivity index (χ0n) is 16.7. The van der Waals surface area contributed by atoms with E-state index in [4.69, 9.17) is 4.74 Å². The highest BCUT2D eigenvalue weighted by Gasteiger charge is 2.32. The Balaban J connectivity index is 2.33. The Morgan fingerprint density at radius 1 is 1.10 bits per heavy atom. The average molecular weight is 400 g/mol. The fourth-order valence-corrected chi connectivity index (χ4v) is 2.91. The van der Waals surface area contributed by atoms with Gasteiger partial charge in [-0.15, -0.1) is 0 Å². The molecule has 0 aliphatic rings. The lowest BCUT2D eigenvalue weighted by Crippen LogP contribution is -2.50. The Bertz CT molecular complexity index is 905. The van der Waals surface area contributed by atoms with Crippen LogP contribution in [0.5, 0.6) is 0 Å². The van der Waals surface area contributed by atoms with Crippen LogP contribution in [0.25, 0.3) is 11.1 Å². The Morgan fingerprint density at radius 2 is 1.72 bits per heavy atom. The number of carbonyl (C=O) groups excluding carboxylic acids is 1. The van der Waals surface area contributed by atoms with Crippen LogP contribution in [-0.2, 0) is 9.53 Å². The van der Waals surface area contributed by atoms with Crippen LogP contribution in [0.3, 0.4) is 0 Å². The number of nitro groups is 1. The Kier molecular flexibility index (Phi) is 6.71. The molecular formula is C21H24N2O6. The first-order valence-corrected chi connectivity index (χ1v) is 9.05. The van der Waals surface area contributed by atoms with Crippen LogP contribution < -0.4 is 5.32 Å². The Hall–Kier alpha value is -3.26. The third-order valence-corrected chi connectivity index (χ3v) is 4.11. The van der Waals surface area contributed by atoms with Crippen LogP contribution >= 0.6 is 0 Å². The maximum atomic E-state index is 12.7. The van der Waals surface area contributed by atoms with Crippen molar-refractivity contribution in [3.8, 4) is 11.1 Å². The number of hydrogen-bond donors (Lipinski definition) is 2. The van der Waals surface area contributed by atoms with Crippen molar-refractivity contribution in [3.63, 3.8) is 0 Å². The second-order valence-corrected chi connectivity index (χ2v) is 7.58. The van der Waals surface area contributed by atoms with Gasteiger partial charge >= 0.3 is 5.97 Å². The molecule has 0 saturated heterocycles. The molecule has 8 heteroatoms. The zero-order chi connectivity index (χ0) is 21.8. The number of ether oxygens (including phenoxy) is 1. The summed E-state index contributed by atoms with van der Waals surface area (Å²) in [6.07, 6.45) is -0.848. The maximum absolute atomic E-state index is 12.7. The van der Waals surface area contributed by atoms with E-state index in [1.807, 2.05) is 6.07 Å². The van der Waals surface area contributed by atoms with E-state index in [2.05, 4.69) is 5.32 Å². The summed E-state index contributed by atoms with van der Waals surface area (Å²) in [5.74, 6) is -2.15. The van der Waals surface area contributed by atoms with Crippen LogP contribution in [0.1, 0.15) is 38.1 Å². The van der Waals surface area contributed by atoms with Gasteiger partial charge in [-0.05, 0) is 44.9 Å². The first-order valence-electron chi connectivity index (χ1n) is 9.05. The number of carbonyl (C=O) groups is 2. The van der Waals surface area contributed by atoms with Crippen molar-refractivity contribution in [1.82, 2.24) is 5.32 Å². The Morgan fingerprint density at radius 3 is 2.24 bits per heavy atom. The van der Waals surface area contributed by atoms with Crippen molar-refractivity contribution < 1.29 is 24.4 Å². The number of carboxylic acid groups (broad SMARTS) is 1. The van der Waals surface area contributed by atoms with E-state index in [0.29, 0.717) is 5.56 Å². The van der Waals surface area contributed by atoms with Crippen molar-refractivity contribution >= 4 is 17.6 Å². The van der Waals surface area contributed by atoms with E-state index in [9.17, 15) is 24.8 Å². The number of amides is 1. The number of nitrogens with zero attached hydrogens (tertiary/aromatic N) is 1. The van der Waals surface area contributed by atoms with Gasteiger partial charge in [-0.3, -0.25) is 14.9 Å². The van der Waals surface area contributed by atoms with E-state index in [1.165, 1.54) is 19.1 Å². The minimum atomic E-state index is -1.37. The number of hydrogen-bond acceptors (Lipinski definition) is 5. The number of aliphatic carboxylic acids is 1. The van der Waals surface area contributed by atoms with E-state index in [-0.39, 0.29) is 5.56 Å². The van der Waals surface area contributed by atoms with Gasteiger partial charge in [-0.25, -0.2) is 4.79 Å². The third kappa shape index (κ3) is 5.86. The normalized spacial score (nSPS) is 13.4. The number of carboxylic acids is 1. The summed E-state index contributed by atoms with van der Waals surface area (Å²) in [5, 5.41) is 23.4. The molecule has 0 aliphatic carbocycles. The summed E-state index contributed by atoms with van der Waals surface area (Å²) >= 11 is 0. The predicted octanol–water partition coefficient (Wildman–Crippen LogP) is 3.65. The molecule has 154 valence electrons. The molecule has 0 aromatic heterocycles. The maximum Gasteiger partial charge on any atom is 0.328 e. The number of rotatable bonds is 7. The molecule has 0 aliphatic heterocycles. The van der Waals surface area contributed by atoms with Gasteiger partial charge in [0.2, 0.25) is 0 Å². The lowest BCUT2D eigenvalue weighted by Gasteiger charge is -2.29. The van der Waals surface area contributed by atoms with Crippen molar-refractivity contribution in [3.05, 3.63) is 64.2 Å². The minimum absolute atomic E-state index is 0.219. The molecule has 1 amide bonds. The third-order valence-electron chi connectivity index (χ3n) is 4.11. The van der Waals surface area contributed by atoms with Crippen LogP contribution in [0.15, 0.2) is 48.5 Å². The molecule has 0 heterocycles. The van der Waals surface area contributed by atoms with Crippen molar-refractivity contribution in [2.75, 3.05) is 0 Å². The molecular weight excluding hydrogens is 376 g/mol. The fraction of sp³-hybridized carbons (Fsp3) is 0.333. The standard InChI is InChI=1S/C21H24N2O6/c1-13(29-21(2,3)4)18(20(25)26)22-19(24)16-11-10-15(12-17(16)23(27)28)14-8-6-5-7-9-14/h5-13,18H,1-4H3,(H,22,24)(H,25,26)/t13-,18+/m1/s1. The number of nitrogens with one attached hydrogen (secondary N) is 1. The molecule has 0 spiro atoms. The van der Waals surface area contributed by atoms with Gasteiger partial charge in [-0.1, -0.05) is 36.4 Å². The molecule has 0 fully saturated rings. The topological polar surface area (TPSA) is 119 Å². The van der Waals surface area contributed by atoms with Crippen LogP contribution in [0.2, 0.25) is 0 Å². The molecule has 29 heavy (non-hydrogen) atoms. The molecule has 0 unspecified atom stereocenters. The summed E-state index contributed by atoms with van der Waals surface area (Å²) < 4.78 is 5.62. The Labute approximate surface area is 168 Å². The summed E-state index contributed by atoms with van der Waals surface area (Å²) in [5.41, 5.74) is 0.0915. The highest BCUT2D eigenvalue weighted by molar-refractivity contribution is 6.00. The van der Waals surface area contributed by atoms with Crippen molar-refractivity contribution in [2.24, 2.45) is 0 Å². The SMILES string of the molecule is C[C@@H](OC(C)(C)C)[C@H](NC(=O)c1ccc(-c2ccccc2)cc1[N+](=O)[O-])C(=O)O. The highest BCUT2D eigenvalue weighted by atomic mass is 16.6. The molecule has 0 radical (unpaired) electrons. The van der Waals surface area contributed by atoms with Gasteiger partial charge in [0.05, 0.1) is 16.6 Å². The molecule has 2 rings (SSSR count). The molecule has 0 bridgehead atoms. The summed E-state index contributed by atoms with van der Waals surface area (Å²) in [7, 11) is 0. The van der Waals surface area contributed by atoms with Crippen LogP contribution in [-0.4, -0.2) is 39.7 Å². The molecule has 2 aromatic rings. The predicted molar refractivity (Wildman–Crippen MR) is 108 cm³/mol. The van der Waals surface area contributed by atoms with Gasteiger partial charge in [0, 0.05) is 6.07 Å². The van der Waals surface area contributed by atoms with Crippen LogP contribution in [0.4, 0.5) is 5.69 Å². The van der Waals surface area contributed by atoms with Gasteiger partial charge in [0.25, 0.3) is 11.6 Å². The van der Waals surface area contributed by atoms with E-state index < -0.39 is 40.2 Å². The largest absolute Gasteiger partial charge is 0.480 e. The second-order valence-electron chi connectivity index (χ2n) is 7.58. The van der Waals surface area contributed by atoms with E-state index in [0.717, 1.165) is 5.56 Å². The van der Waals surface area contributed by atoms with Crippen molar-refractivity contribution in [1.29, 1.82) is 0 Å². The summed E-state index contributed by atoms with van der Waals surface area (Å²) in [6, 6.07) is 11.9. The van der Waals surface area contributed by atoms with Gasteiger partial charge in [0.15, 0.2) is 6.04 Å². The van der Waals surface area contributed by atoms with Crippen LogP contribution in [0, 0.1) is 10.1 Å². The first-order chi connectivity index (χ1) is 13.5. The smallest absolute Gasteiger partial charge is 0.328 e. The molecule has 8 nitrogen and oxygen atoms in total. The lowest BCUT2D eigenvalue weighted by molar-refractivity contribution is -0.385. The monoisotopic (exact) mass is 400 g/mol. The summed E-state index contributed by atoms with van der Waals surface area (Å²) in [4.78, 5) is 35.2. The molecule has 0 saturated carbocycles. The lowest BCUT2D eigenvalue weighted by atomic mass is 10.0. The molecule has 2 N–H and O–H groups in total. The van der Waals surface area contributed by atoms with Crippen molar-refractivity contribution in [2.45, 2.75) is 45.4 Å². The van der Waals surface area contributed by atoms with Gasteiger partial charge in [0.1, 0.15) is 5.56 Å². The van der Waals surface area contributed by atoms with E-state index >= 15 is 0 Å². The summed E-state index contributed by atoms with van der Waals surface area (Å²) in [6.45, 7) is 6.81. The zero-order valence-corrected chi connectivity index (χ0v) is 16.7. The highest BCUT2D eigenvalue weighted by Crippen LogP contribution is 2.27. The van der Waals surface area contributed by atoms with E-state index in [1.54, 1.807) is 51.1 Å². The average Bonchev–Trinajstić information content (AvgIpc) is 2.64. The van der Waals surface area contributed by atoms with Gasteiger partial charge < -0.3 is 15.2 Å². The molecule has 2 aromatic carbocycles. The minimum Gasteiger partial charge on any atom is -0.480 e. The fourth-order valence-electron chi connectivity index (χ4n) is 2.91. The van der Waals surface area contributed by atoms with Gasteiger partial charge in [-0.2, -0.15) is 0 Å². The molecule has 2 atom stereocenters. The first kappa shape index (κ1) is 22.0. The second kappa shape index (κ2) is 8.83. The number of nitro benzene ring substituents is 1.